The molecule has 3 aromatic rings. The minimum Gasteiger partial charge on any atom is -0.335 e. The lowest BCUT2D eigenvalue weighted by Gasteiger charge is -2.21. The molecule has 1 aliphatic heterocycles. The average Bonchev–Trinajstić information content (AvgIpc) is 3.45. The molecule has 9 heteroatoms. The Morgan fingerprint density at radius 2 is 1.88 bits per heavy atom. The van der Waals surface area contributed by atoms with Gasteiger partial charge in [0.05, 0.1) is 5.56 Å². The number of hydrogen-bond acceptors (Lipinski definition) is 4. The van der Waals surface area contributed by atoms with E-state index in [1.165, 1.54) is 6.07 Å². The Balaban J connectivity index is 1.29. The molecule has 1 unspecified atom stereocenters. The first-order valence-electron chi connectivity index (χ1n) is 11.0. The topological polar surface area (TPSA) is 63.4 Å². The van der Waals surface area contributed by atoms with Crippen molar-refractivity contribution in [1.82, 2.24) is 24.5 Å². The summed E-state index contributed by atoms with van der Waals surface area (Å²) in [4.78, 5) is 23.3. The number of amides is 1. The summed E-state index contributed by atoms with van der Waals surface area (Å²) >= 11 is 0. The molecule has 1 saturated carbocycles. The van der Waals surface area contributed by atoms with Crippen LogP contribution in [-0.2, 0) is 12.6 Å². The molecule has 2 aliphatic rings. The van der Waals surface area contributed by atoms with E-state index in [4.69, 9.17) is 0 Å². The van der Waals surface area contributed by atoms with Crippen LogP contribution in [0, 0.1) is 11.8 Å². The van der Waals surface area contributed by atoms with Gasteiger partial charge >= 0.3 is 6.18 Å². The highest BCUT2D eigenvalue weighted by Crippen LogP contribution is 2.48. The highest BCUT2D eigenvalue weighted by atomic mass is 19.4. The van der Waals surface area contributed by atoms with Crippen LogP contribution in [0.3, 0.4) is 0 Å². The predicted molar refractivity (Wildman–Crippen MR) is 111 cm³/mol. The minimum absolute atomic E-state index is 0.116. The van der Waals surface area contributed by atoms with E-state index in [0.29, 0.717) is 37.3 Å². The lowest BCUT2D eigenvalue weighted by atomic mass is 9.91. The molecule has 0 radical (unpaired) electrons. The summed E-state index contributed by atoms with van der Waals surface area (Å²) < 4.78 is 41.8. The van der Waals surface area contributed by atoms with Gasteiger partial charge in [-0.15, -0.1) is 5.10 Å². The third-order valence-electron chi connectivity index (χ3n) is 6.72. The Hall–Kier alpha value is -2.97. The molecule has 3 atom stereocenters. The molecule has 32 heavy (non-hydrogen) atoms. The van der Waals surface area contributed by atoms with Crippen molar-refractivity contribution in [3.05, 3.63) is 59.2 Å². The Labute approximate surface area is 183 Å². The summed E-state index contributed by atoms with van der Waals surface area (Å²) in [6.45, 7) is 3.13. The molecular weight excluding hydrogens is 419 g/mol. The third kappa shape index (κ3) is 3.73. The van der Waals surface area contributed by atoms with Gasteiger partial charge in [-0.3, -0.25) is 4.79 Å². The van der Waals surface area contributed by atoms with E-state index < -0.39 is 11.7 Å². The molecule has 3 heterocycles. The van der Waals surface area contributed by atoms with Gasteiger partial charge in [0, 0.05) is 25.5 Å². The van der Waals surface area contributed by atoms with E-state index in [0.717, 1.165) is 24.5 Å². The molecule has 2 aromatic heterocycles. The molecule has 168 valence electrons. The molecular formula is C23H24F3N5O. The number of alkyl halides is 3. The van der Waals surface area contributed by atoms with Gasteiger partial charge in [0.1, 0.15) is 0 Å². The number of fused-ring (bicyclic) bond motifs is 2. The molecule has 2 fully saturated rings. The van der Waals surface area contributed by atoms with Crippen molar-refractivity contribution in [2.24, 2.45) is 11.8 Å². The molecule has 0 spiro atoms. The van der Waals surface area contributed by atoms with Crippen molar-refractivity contribution >= 4 is 11.7 Å². The number of halogens is 3. The van der Waals surface area contributed by atoms with Crippen LogP contribution in [-0.4, -0.2) is 43.5 Å². The number of carbonyl (C=O) groups is 1. The van der Waals surface area contributed by atoms with Gasteiger partial charge in [-0.05, 0) is 54.2 Å². The highest BCUT2D eigenvalue weighted by Gasteiger charge is 2.45. The summed E-state index contributed by atoms with van der Waals surface area (Å²) in [5.74, 6) is 0.512. The van der Waals surface area contributed by atoms with Crippen molar-refractivity contribution in [3.8, 4) is 0 Å². The molecule has 5 rings (SSSR count). The maximum absolute atomic E-state index is 13.4. The summed E-state index contributed by atoms with van der Waals surface area (Å²) in [5.41, 5.74) is 0.870. The monoisotopic (exact) mass is 443 g/mol. The van der Waals surface area contributed by atoms with Gasteiger partial charge in [-0.25, -0.2) is 9.50 Å². The van der Waals surface area contributed by atoms with Crippen LogP contribution >= 0.6 is 0 Å². The van der Waals surface area contributed by atoms with Crippen molar-refractivity contribution in [1.29, 1.82) is 0 Å². The van der Waals surface area contributed by atoms with Gasteiger partial charge in [-0.2, -0.15) is 18.2 Å². The fourth-order valence-electron chi connectivity index (χ4n) is 5.30. The largest absolute Gasteiger partial charge is 0.416 e. The fraction of sp³-hybridized carbons (Fsp3) is 0.478. The number of benzene rings is 1. The number of rotatable bonds is 4. The molecule has 1 aromatic carbocycles. The van der Waals surface area contributed by atoms with Crippen LogP contribution in [0.2, 0.25) is 0 Å². The van der Waals surface area contributed by atoms with Crippen molar-refractivity contribution in [2.75, 3.05) is 13.1 Å². The normalized spacial score (nSPS) is 23.1. The Kier molecular flexibility index (Phi) is 5.14. The average molecular weight is 443 g/mol. The first kappa shape index (κ1) is 20.9. The van der Waals surface area contributed by atoms with E-state index in [9.17, 15) is 18.0 Å². The van der Waals surface area contributed by atoms with Crippen molar-refractivity contribution < 1.29 is 18.0 Å². The number of hydrogen-bond donors (Lipinski definition) is 0. The summed E-state index contributed by atoms with van der Waals surface area (Å²) in [5, 5.41) is 4.32. The third-order valence-corrected chi connectivity index (χ3v) is 6.72. The van der Waals surface area contributed by atoms with Gasteiger partial charge < -0.3 is 4.90 Å². The zero-order valence-electron chi connectivity index (χ0n) is 17.7. The van der Waals surface area contributed by atoms with Crippen LogP contribution in [0.5, 0.6) is 0 Å². The van der Waals surface area contributed by atoms with Gasteiger partial charge in [-0.1, -0.05) is 31.5 Å². The quantitative estimate of drug-likeness (QED) is 0.601. The fourth-order valence-corrected chi connectivity index (χ4v) is 5.30. The second kappa shape index (κ2) is 7.86. The molecule has 1 aliphatic carbocycles. The van der Waals surface area contributed by atoms with Crippen LogP contribution in [0.25, 0.3) is 5.78 Å². The van der Waals surface area contributed by atoms with E-state index in [1.807, 2.05) is 6.20 Å². The molecule has 0 bridgehead atoms. The van der Waals surface area contributed by atoms with E-state index in [1.54, 1.807) is 27.7 Å². The second-order valence-corrected chi connectivity index (χ2v) is 8.88. The summed E-state index contributed by atoms with van der Waals surface area (Å²) in [6, 6.07) is 5.86. The molecule has 1 amide bonds. The highest BCUT2D eigenvalue weighted by molar-refractivity contribution is 5.91. The lowest BCUT2D eigenvalue weighted by molar-refractivity contribution is -0.138. The standard InChI is InChI=1S/C23H24F3N5O/c1-2-5-14-10-27-22-28-20(29-31(22)11-14)21(32)30-12-16-8-15(9-17(16)13-30)18-6-3-4-7-19(18)23(24,25)26/h3-4,6-7,10-11,15-17H,2,5,8-9,12-13H2,1H3/t15?,16-,17+. The number of nitrogens with zero attached hydrogens (tertiary/aromatic N) is 5. The summed E-state index contributed by atoms with van der Waals surface area (Å²) in [6.07, 6.45) is 2.41. The Morgan fingerprint density at radius 3 is 2.56 bits per heavy atom. The second-order valence-electron chi connectivity index (χ2n) is 8.88. The molecule has 0 N–H and O–H groups in total. The lowest BCUT2D eigenvalue weighted by Crippen LogP contribution is -2.30. The van der Waals surface area contributed by atoms with Crippen LogP contribution in [0.4, 0.5) is 13.2 Å². The maximum atomic E-state index is 13.4. The first-order chi connectivity index (χ1) is 15.3. The van der Waals surface area contributed by atoms with E-state index >= 15 is 0 Å². The zero-order valence-corrected chi connectivity index (χ0v) is 17.7. The van der Waals surface area contributed by atoms with Gasteiger partial charge in [0.2, 0.25) is 5.82 Å². The molecule has 1 saturated heterocycles. The number of likely N-dealkylation sites (tertiary alicyclic amines) is 1. The van der Waals surface area contributed by atoms with E-state index in [2.05, 4.69) is 22.0 Å². The first-order valence-corrected chi connectivity index (χ1v) is 11.0. The van der Waals surface area contributed by atoms with Crippen LogP contribution in [0.1, 0.15) is 59.4 Å². The van der Waals surface area contributed by atoms with E-state index in [-0.39, 0.29) is 29.5 Å². The SMILES string of the molecule is CCCc1cnc2nc(C(=O)N3C[C@H]4CC(c5ccccc5C(F)(F)F)C[C@H]4C3)nn2c1. The summed E-state index contributed by atoms with van der Waals surface area (Å²) in [7, 11) is 0. The predicted octanol–water partition coefficient (Wildman–Crippen LogP) is 4.36. The van der Waals surface area contributed by atoms with Crippen LogP contribution < -0.4 is 0 Å². The van der Waals surface area contributed by atoms with Crippen molar-refractivity contribution in [2.45, 2.75) is 44.7 Å². The van der Waals surface area contributed by atoms with Crippen molar-refractivity contribution in [3.63, 3.8) is 0 Å². The van der Waals surface area contributed by atoms with Crippen LogP contribution in [0.15, 0.2) is 36.7 Å². The van der Waals surface area contributed by atoms with Gasteiger partial charge in [0.25, 0.3) is 11.7 Å². The minimum atomic E-state index is -4.35. The zero-order chi connectivity index (χ0) is 22.5. The smallest absolute Gasteiger partial charge is 0.335 e. The maximum Gasteiger partial charge on any atom is 0.416 e. The number of aromatic nitrogens is 4. The number of aryl methyl sites for hydroxylation is 1. The molecule has 6 nitrogen and oxygen atoms in total. The Bertz CT molecular complexity index is 1140. The number of carbonyl (C=O) groups excluding carboxylic acids is 1. The Morgan fingerprint density at radius 1 is 1.16 bits per heavy atom. The van der Waals surface area contributed by atoms with Gasteiger partial charge in [0.15, 0.2) is 0 Å².